The van der Waals surface area contributed by atoms with Gasteiger partial charge in [0, 0.05) is 59.8 Å². The largest absolute Gasteiger partial charge is 0.495 e. The Balaban J connectivity index is 1.49. The molecule has 1 aromatic heterocycles. The van der Waals surface area contributed by atoms with Gasteiger partial charge in [0.2, 0.25) is 5.91 Å². The van der Waals surface area contributed by atoms with Crippen LogP contribution in [0.5, 0.6) is 0 Å². The lowest BCUT2D eigenvalue weighted by atomic mass is 9.85. The lowest BCUT2D eigenvalue weighted by molar-refractivity contribution is -0.138. The van der Waals surface area contributed by atoms with E-state index in [-0.39, 0.29) is 60.5 Å². The maximum absolute atomic E-state index is 12.7. The van der Waals surface area contributed by atoms with Crippen LogP contribution in [0, 0.1) is 24.7 Å². The number of carbonyl (C=O) groups excluding carboxylic acids is 1. The van der Waals surface area contributed by atoms with Gasteiger partial charge in [-0.3, -0.25) is 19.7 Å². The van der Waals surface area contributed by atoms with Crippen LogP contribution in [-0.4, -0.2) is 67.7 Å². The van der Waals surface area contributed by atoms with Crippen LogP contribution in [0.2, 0.25) is 0 Å². The Labute approximate surface area is 269 Å². The smallest absolute Gasteiger partial charge is 0.303 e. The second-order valence-electron chi connectivity index (χ2n) is 12.9. The Morgan fingerprint density at radius 2 is 1.76 bits per heavy atom. The van der Waals surface area contributed by atoms with Crippen LogP contribution in [0.25, 0.3) is 6.08 Å². The Morgan fingerprint density at radius 1 is 1.07 bits per heavy atom. The van der Waals surface area contributed by atoms with Crippen molar-refractivity contribution in [1.82, 2.24) is 26.3 Å². The molecule has 2 fully saturated rings. The predicted molar refractivity (Wildman–Crippen MR) is 175 cm³/mol. The van der Waals surface area contributed by atoms with Crippen LogP contribution in [-0.2, 0) is 27.2 Å². The maximum atomic E-state index is 12.7. The zero-order valence-electron chi connectivity index (χ0n) is 26.3. The highest BCUT2D eigenvalue weighted by Gasteiger charge is 2.65. The Kier molecular flexibility index (Phi) is 9.19. The first-order valence-corrected chi connectivity index (χ1v) is 16.3. The lowest BCUT2D eigenvalue weighted by Gasteiger charge is -2.22. The molecule has 4 aliphatic heterocycles. The second-order valence-corrected chi connectivity index (χ2v) is 13.3. The number of carboxylic acids is 2. The summed E-state index contributed by atoms with van der Waals surface area (Å²) in [6.07, 6.45) is 5.57. The molecule has 0 radical (unpaired) electrons. The summed E-state index contributed by atoms with van der Waals surface area (Å²) in [7, 11) is 0. The van der Waals surface area contributed by atoms with E-state index < -0.39 is 17.6 Å². The van der Waals surface area contributed by atoms with E-state index in [0.717, 1.165) is 51.4 Å². The SMILES string of the molecule is C=CC1=C(O)N[C@H](Cc2[nH]c(/C=C3\N[C@]4(NC4C4NC(=O)[C@H](C)[C@H]4CCS)C(C)=C3CCC(=O)O)c(CCC(=O)O)c2C)C1C. The number of carboxylic acid groups (broad SMARTS) is 2. The topological polar surface area (TPSA) is 186 Å². The van der Waals surface area contributed by atoms with Crippen molar-refractivity contribution in [3.05, 3.63) is 63.5 Å². The normalized spacial score (nSPS) is 31.5. The molecule has 5 rings (SSSR count). The molecule has 1 amide bonds. The van der Waals surface area contributed by atoms with E-state index in [2.05, 4.69) is 45.5 Å². The number of carbonyl (C=O) groups is 3. The molecule has 8 N–H and O–H groups in total. The van der Waals surface area contributed by atoms with Crippen molar-refractivity contribution < 1.29 is 29.7 Å². The van der Waals surface area contributed by atoms with E-state index in [1.165, 1.54) is 0 Å². The molecule has 11 nitrogen and oxygen atoms in total. The fourth-order valence-electron chi connectivity index (χ4n) is 7.62. The number of hydrogen-bond donors (Lipinski definition) is 9. The molecule has 4 aliphatic rings. The Morgan fingerprint density at radius 3 is 2.38 bits per heavy atom. The number of allylic oxidation sites excluding steroid dienone is 2. The molecule has 1 aromatic rings. The van der Waals surface area contributed by atoms with Gasteiger partial charge in [-0.15, -0.1) is 0 Å². The number of aromatic amines is 1. The number of hydrogen-bond acceptors (Lipinski definition) is 8. The third-order valence-corrected chi connectivity index (χ3v) is 10.7. The molecule has 0 saturated carbocycles. The number of H-pyrrole nitrogens is 1. The molecule has 5 heterocycles. The first-order valence-electron chi connectivity index (χ1n) is 15.7. The number of aromatic nitrogens is 1. The average Bonchev–Trinajstić information content (AvgIpc) is 3.27. The maximum Gasteiger partial charge on any atom is 0.303 e. The first kappa shape index (κ1) is 32.7. The zero-order chi connectivity index (χ0) is 32.8. The molecule has 0 aliphatic carbocycles. The highest BCUT2D eigenvalue weighted by Crippen LogP contribution is 2.48. The van der Waals surface area contributed by atoms with Gasteiger partial charge >= 0.3 is 11.9 Å². The molecule has 7 atom stereocenters. The summed E-state index contributed by atoms with van der Waals surface area (Å²) in [5, 5.41) is 43.0. The van der Waals surface area contributed by atoms with Crippen molar-refractivity contribution in [2.45, 2.75) is 90.0 Å². The fraction of sp³-hybridized carbons (Fsp3) is 0.545. The highest BCUT2D eigenvalue weighted by molar-refractivity contribution is 7.80. The summed E-state index contributed by atoms with van der Waals surface area (Å²) in [6, 6.07) is -0.252. The summed E-state index contributed by atoms with van der Waals surface area (Å²) >= 11 is 4.44. The summed E-state index contributed by atoms with van der Waals surface area (Å²) in [5.74, 6) is -0.929. The number of thiol groups is 1. The van der Waals surface area contributed by atoms with Gasteiger partial charge in [0.1, 0.15) is 5.66 Å². The van der Waals surface area contributed by atoms with Crippen molar-refractivity contribution >= 4 is 36.6 Å². The van der Waals surface area contributed by atoms with Crippen molar-refractivity contribution in [3.63, 3.8) is 0 Å². The summed E-state index contributed by atoms with van der Waals surface area (Å²) < 4.78 is 0. The molecule has 3 unspecified atom stereocenters. The molecular weight excluding hydrogens is 594 g/mol. The summed E-state index contributed by atoms with van der Waals surface area (Å²) in [4.78, 5) is 39.5. The molecule has 45 heavy (non-hydrogen) atoms. The second kappa shape index (κ2) is 12.6. The van der Waals surface area contributed by atoms with Crippen LogP contribution in [0.15, 0.2) is 41.0 Å². The third-order valence-electron chi connectivity index (χ3n) is 10.4. The van der Waals surface area contributed by atoms with Gasteiger partial charge in [0.15, 0.2) is 5.88 Å². The predicted octanol–water partition coefficient (Wildman–Crippen LogP) is 3.31. The molecule has 244 valence electrons. The average molecular weight is 640 g/mol. The van der Waals surface area contributed by atoms with Crippen molar-refractivity contribution in [2.24, 2.45) is 17.8 Å². The van der Waals surface area contributed by atoms with Gasteiger partial charge < -0.3 is 36.3 Å². The Hall–Kier alpha value is -3.64. The van der Waals surface area contributed by atoms with Gasteiger partial charge in [-0.1, -0.05) is 26.5 Å². The van der Waals surface area contributed by atoms with Gasteiger partial charge in [-0.25, -0.2) is 0 Å². The monoisotopic (exact) mass is 639 g/mol. The minimum absolute atomic E-state index is 0.0297. The van der Waals surface area contributed by atoms with Gasteiger partial charge in [0.25, 0.3) is 0 Å². The van der Waals surface area contributed by atoms with Gasteiger partial charge in [-0.05, 0) is 73.1 Å². The standard InChI is InChI=1S/C33H45N5O6S/c1-6-19-15(2)24(35-32(19)44)13-23-16(3)20(7-9-27(39)40)25(34-23)14-26-22(8-10-28(41)42)18(5)33(37-26)30(38-33)29-21(11-12-45)17(4)31(43)36-29/h6,14-15,17,21,24,29-30,34-35,37-38,44-45H,1,7-13H2,2-5H3,(H,36,43)(H,39,40)(H,41,42)/b26-14-/t15?,17-,21-,24-,29?,30?,33+/m1/s1. The molecule has 2 saturated heterocycles. The number of amides is 1. The minimum atomic E-state index is -0.893. The molecule has 0 aromatic carbocycles. The van der Waals surface area contributed by atoms with Crippen LogP contribution in [0.1, 0.15) is 69.0 Å². The molecule has 0 bridgehead atoms. The number of rotatable bonds is 13. The van der Waals surface area contributed by atoms with Crippen molar-refractivity contribution in [2.75, 3.05) is 5.75 Å². The number of nitrogens with one attached hydrogen (secondary N) is 5. The van der Waals surface area contributed by atoms with Gasteiger partial charge in [0.05, 0.1) is 12.1 Å². The van der Waals surface area contributed by atoms with Crippen LogP contribution >= 0.6 is 12.6 Å². The molecule has 1 spiro atoms. The number of aliphatic carboxylic acids is 2. The van der Waals surface area contributed by atoms with Gasteiger partial charge in [-0.2, -0.15) is 12.6 Å². The summed E-state index contributed by atoms with van der Waals surface area (Å²) in [6.45, 7) is 11.8. The minimum Gasteiger partial charge on any atom is -0.495 e. The zero-order valence-corrected chi connectivity index (χ0v) is 27.2. The van der Waals surface area contributed by atoms with Crippen molar-refractivity contribution in [3.8, 4) is 0 Å². The van der Waals surface area contributed by atoms with Crippen LogP contribution < -0.4 is 21.3 Å². The van der Waals surface area contributed by atoms with E-state index in [1.54, 1.807) is 6.08 Å². The van der Waals surface area contributed by atoms with Crippen LogP contribution in [0.3, 0.4) is 0 Å². The fourth-order valence-corrected chi connectivity index (χ4v) is 7.92. The van der Waals surface area contributed by atoms with Crippen LogP contribution in [0.4, 0.5) is 0 Å². The quantitative estimate of drug-likeness (QED) is 0.115. The van der Waals surface area contributed by atoms with E-state index >= 15 is 0 Å². The van der Waals surface area contributed by atoms with E-state index in [1.807, 2.05) is 33.8 Å². The van der Waals surface area contributed by atoms with Crippen molar-refractivity contribution in [1.29, 1.82) is 0 Å². The van der Waals surface area contributed by atoms with E-state index in [0.29, 0.717) is 25.0 Å². The lowest BCUT2D eigenvalue weighted by Crippen LogP contribution is -2.42. The number of aliphatic hydroxyl groups excluding tert-OH is 1. The third kappa shape index (κ3) is 6.02. The highest BCUT2D eigenvalue weighted by atomic mass is 32.1. The van der Waals surface area contributed by atoms with E-state index in [9.17, 15) is 29.7 Å². The summed E-state index contributed by atoms with van der Waals surface area (Å²) in [5.41, 5.74) is 6.36. The number of aliphatic hydroxyl groups is 1. The Bertz CT molecular complexity index is 1510. The molecular formula is C33H45N5O6S. The van der Waals surface area contributed by atoms with E-state index in [4.69, 9.17) is 0 Å². The molecule has 12 heteroatoms. The first-order chi connectivity index (χ1) is 21.3.